The number of alkyl halides is 1. The molecule has 0 saturated heterocycles. The van der Waals surface area contributed by atoms with Crippen molar-refractivity contribution in [2.24, 2.45) is 0 Å². The summed E-state index contributed by atoms with van der Waals surface area (Å²) in [5.41, 5.74) is 0.198. The summed E-state index contributed by atoms with van der Waals surface area (Å²) in [6.07, 6.45) is 1.85. The minimum atomic E-state index is -0.350. The second-order valence-corrected chi connectivity index (χ2v) is 4.08. The molecule has 3 nitrogen and oxygen atoms in total. The van der Waals surface area contributed by atoms with Gasteiger partial charge in [-0.25, -0.2) is 4.79 Å². The molecule has 1 aromatic carbocycles. The molecule has 2 aromatic rings. The third-order valence-corrected chi connectivity index (χ3v) is 2.66. The molecule has 90 valence electrons. The molecule has 0 aliphatic carbocycles. The number of unbranched alkanes of at least 4 members (excludes halogenated alkanes) is 1. The zero-order chi connectivity index (χ0) is 12.1. The molecule has 0 spiro atoms. The lowest BCUT2D eigenvalue weighted by Gasteiger charge is -2.05. The summed E-state index contributed by atoms with van der Waals surface area (Å²) in [5.74, 6) is 1.36. The zero-order valence-corrected chi connectivity index (χ0v) is 10.1. The van der Waals surface area contributed by atoms with Crippen molar-refractivity contribution >= 4 is 22.6 Å². The van der Waals surface area contributed by atoms with E-state index in [1.165, 1.54) is 6.07 Å². The van der Waals surface area contributed by atoms with Crippen molar-refractivity contribution in [3.8, 4) is 5.75 Å². The smallest absolute Gasteiger partial charge is 0.336 e. The predicted octanol–water partition coefficient (Wildman–Crippen LogP) is 3.19. The van der Waals surface area contributed by atoms with E-state index in [9.17, 15) is 4.79 Å². The van der Waals surface area contributed by atoms with Crippen molar-refractivity contribution in [1.82, 2.24) is 0 Å². The average molecular weight is 253 g/mol. The largest absolute Gasteiger partial charge is 0.493 e. The molecule has 0 atom stereocenters. The molecule has 1 aromatic heterocycles. The quantitative estimate of drug-likeness (QED) is 0.466. The van der Waals surface area contributed by atoms with Gasteiger partial charge >= 0.3 is 5.63 Å². The van der Waals surface area contributed by atoms with Crippen LogP contribution in [-0.2, 0) is 0 Å². The highest BCUT2D eigenvalue weighted by molar-refractivity contribution is 6.17. The van der Waals surface area contributed by atoms with E-state index in [0.717, 1.165) is 18.2 Å². The molecule has 0 fully saturated rings. The minimum absolute atomic E-state index is 0.350. The SMILES string of the molecule is O=c1ccc2ccc(OCCCCCl)cc2o1. The minimum Gasteiger partial charge on any atom is -0.493 e. The number of hydrogen-bond acceptors (Lipinski definition) is 3. The standard InChI is InChI=1S/C13H13ClO3/c14-7-1-2-8-16-11-5-3-10-4-6-13(15)17-12(10)9-11/h3-6,9H,1-2,7-8H2. The van der Waals surface area contributed by atoms with Crippen molar-refractivity contribution < 1.29 is 9.15 Å². The first-order chi connectivity index (χ1) is 8.29. The second kappa shape index (κ2) is 5.73. The molecule has 0 aliphatic rings. The Labute approximate surface area is 104 Å². The Morgan fingerprint density at radius 1 is 1.18 bits per heavy atom. The number of rotatable bonds is 5. The van der Waals surface area contributed by atoms with Crippen LogP contribution in [0.4, 0.5) is 0 Å². The van der Waals surface area contributed by atoms with Gasteiger partial charge in [0.25, 0.3) is 0 Å². The van der Waals surface area contributed by atoms with Gasteiger partial charge in [-0.2, -0.15) is 0 Å². The van der Waals surface area contributed by atoms with Crippen molar-refractivity contribution in [1.29, 1.82) is 0 Å². The summed E-state index contributed by atoms with van der Waals surface area (Å²) in [4.78, 5) is 11.1. The maximum Gasteiger partial charge on any atom is 0.336 e. The molecule has 0 saturated carbocycles. The van der Waals surface area contributed by atoms with Crippen LogP contribution < -0.4 is 10.4 Å². The van der Waals surface area contributed by atoms with E-state index in [-0.39, 0.29) is 5.63 Å². The van der Waals surface area contributed by atoms with Crippen molar-refractivity contribution in [2.45, 2.75) is 12.8 Å². The molecule has 0 aliphatic heterocycles. The van der Waals surface area contributed by atoms with Gasteiger partial charge in [-0.1, -0.05) is 0 Å². The molecule has 0 unspecified atom stereocenters. The highest BCUT2D eigenvalue weighted by Gasteiger charge is 2.00. The summed E-state index contributed by atoms with van der Waals surface area (Å²) in [7, 11) is 0. The lowest BCUT2D eigenvalue weighted by molar-refractivity contribution is 0.309. The fraction of sp³-hybridized carbons (Fsp3) is 0.308. The van der Waals surface area contributed by atoms with E-state index < -0.39 is 0 Å². The molecule has 0 N–H and O–H groups in total. The summed E-state index contributed by atoms with van der Waals surface area (Å²) in [6, 6.07) is 8.61. The van der Waals surface area contributed by atoms with Gasteiger partial charge in [0.2, 0.25) is 0 Å². The summed E-state index contributed by atoms with van der Waals surface area (Å²) >= 11 is 5.57. The number of halogens is 1. The number of benzene rings is 1. The summed E-state index contributed by atoms with van der Waals surface area (Å²) in [5, 5.41) is 0.887. The highest BCUT2D eigenvalue weighted by atomic mass is 35.5. The van der Waals surface area contributed by atoms with Gasteiger partial charge in [-0.05, 0) is 31.0 Å². The van der Waals surface area contributed by atoms with Crippen LogP contribution in [0.2, 0.25) is 0 Å². The molecular weight excluding hydrogens is 240 g/mol. The van der Waals surface area contributed by atoms with Crippen LogP contribution in [0.1, 0.15) is 12.8 Å². The van der Waals surface area contributed by atoms with Crippen LogP contribution in [0.15, 0.2) is 39.5 Å². The van der Waals surface area contributed by atoms with E-state index in [4.69, 9.17) is 20.8 Å². The highest BCUT2D eigenvalue weighted by Crippen LogP contribution is 2.19. The third kappa shape index (κ3) is 3.24. The maximum absolute atomic E-state index is 11.1. The van der Waals surface area contributed by atoms with Gasteiger partial charge in [0.1, 0.15) is 11.3 Å². The molecule has 4 heteroatoms. The van der Waals surface area contributed by atoms with E-state index >= 15 is 0 Å². The van der Waals surface area contributed by atoms with Gasteiger partial charge in [0.15, 0.2) is 0 Å². The Morgan fingerprint density at radius 2 is 2.00 bits per heavy atom. The van der Waals surface area contributed by atoms with E-state index in [1.807, 2.05) is 12.1 Å². The molecule has 2 rings (SSSR count). The summed E-state index contributed by atoms with van der Waals surface area (Å²) < 4.78 is 10.6. The van der Waals surface area contributed by atoms with Crippen molar-refractivity contribution in [3.63, 3.8) is 0 Å². The average Bonchev–Trinajstić information content (AvgIpc) is 2.34. The van der Waals surface area contributed by atoms with Gasteiger partial charge in [0, 0.05) is 23.4 Å². The fourth-order valence-corrected chi connectivity index (χ4v) is 1.71. The van der Waals surface area contributed by atoms with Crippen LogP contribution in [-0.4, -0.2) is 12.5 Å². The van der Waals surface area contributed by atoms with Gasteiger partial charge in [-0.15, -0.1) is 11.6 Å². The van der Waals surface area contributed by atoms with Crippen molar-refractivity contribution in [3.05, 3.63) is 40.8 Å². The topological polar surface area (TPSA) is 39.4 Å². The second-order valence-electron chi connectivity index (χ2n) is 3.70. The zero-order valence-electron chi connectivity index (χ0n) is 9.32. The number of ether oxygens (including phenoxy) is 1. The lowest BCUT2D eigenvalue weighted by Crippen LogP contribution is -1.98. The first-order valence-corrected chi connectivity index (χ1v) is 6.06. The van der Waals surface area contributed by atoms with Crippen molar-refractivity contribution in [2.75, 3.05) is 12.5 Å². The summed E-state index contributed by atoms with van der Waals surface area (Å²) in [6.45, 7) is 0.620. The van der Waals surface area contributed by atoms with Crippen LogP contribution in [0.3, 0.4) is 0 Å². The fourth-order valence-electron chi connectivity index (χ4n) is 1.52. The number of hydrogen-bond donors (Lipinski definition) is 0. The van der Waals surface area contributed by atoms with Gasteiger partial charge in [0.05, 0.1) is 6.61 Å². The van der Waals surface area contributed by atoms with Crippen LogP contribution >= 0.6 is 11.6 Å². The normalized spacial score (nSPS) is 10.6. The van der Waals surface area contributed by atoms with E-state index in [2.05, 4.69) is 0 Å². The molecule has 0 bridgehead atoms. The molecular formula is C13H13ClO3. The monoisotopic (exact) mass is 252 g/mol. The predicted molar refractivity (Wildman–Crippen MR) is 67.9 cm³/mol. The Morgan fingerprint density at radius 3 is 2.82 bits per heavy atom. The first-order valence-electron chi connectivity index (χ1n) is 5.52. The van der Waals surface area contributed by atoms with Crippen LogP contribution in [0, 0.1) is 0 Å². The van der Waals surface area contributed by atoms with E-state index in [0.29, 0.717) is 23.8 Å². The Hall–Kier alpha value is -1.48. The third-order valence-electron chi connectivity index (χ3n) is 2.39. The van der Waals surface area contributed by atoms with Gasteiger partial charge < -0.3 is 9.15 Å². The van der Waals surface area contributed by atoms with Crippen LogP contribution in [0.25, 0.3) is 11.0 Å². The molecule has 0 amide bonds. The van der Waals surface area contributed by atoms with Crippen LogP contribution in [0.5, 0.6) is 5.75 Å². The molecule has 0 radical (unpaired) electrons. The number of fused-ring (bicyclic) bond motifs is 1. The van der Waals surface area contributed by atoms with Gasteiger partial charge in [-0.3, -0.25) is 0 Å². The lowest BCUT2D eigenvalue weighted by atomic mass is 10.2. The Kier molecular flexibility index (Phi) is 4.04. The Bertz CT molecular complexity index is 548. The molecule has 1 heterocycles. The van der Waals surface area contributed by atoms with E-state index in [1.54, 1.807) is 12.1 Å². The Balaban J connectivity index is 2.11. The molecule has 17 heavy (non-hydrogen) atoms. The maximum atomic E-state index is 11.1. The first kappa shape index (κ1) is 12.0.